The number of nitrogens with zero attached hydrogens (tertiary/aromatic N) is 2. The number of aliphatic hydroxyl groups excluding tert-OH is 2. The second kappa shape index (κ2) is 8.78. The third-order valence-electron chi connectivity index (χ3n) is 3.39. The molecule has 0 fully saturated rings. The van der Waals surface area contributed by atoms with E-state index < -0.39 is 5.43 Å². The maximum atomic E-state index is 11.8. The molecule has 1 rings (SSSR count). The zero-order valence-corrected chi connectivity index (χ0v) is 12.6. The fourth-order valence-electron chi connectivity index (χ4n) is 2.20. The molecule has 0 aliphatic carbocycles. The van der Waals surface area contributed by atoms with E-state index in [1.54, 1.807) is 11.7 Å². The van der Waals surface area contributed by atoms with E-state index in [0.717, 1.165) is 0 Å². The van der Waals surface area contributed by atoms with Crippen molar-refractivity contribution in [3.05, 3.63) is 27.7 Å². The second-order valence-corrected chi connectivity index (χ2v) is 4.69. The van der Waals surface area contributed by atoms with Crippen LogP contribution < -0.4 is 5.43 Å². The molecular weight excluding hydrogens is 276 g/mol. The minimum absolute atomic E-state index is 0.00338. The van der Waals surface area contributed by atoms with Gasteiger partial charge in [0.1, 0.15) is 0 Å². The minimum atomic E-state index is -0.511. The molecule has 0 aliphatic rings. The van der Waals surface area contributed by atoms with Crippen LogP contribution in [0.5, 0.6) is 5.75 Å². The molecule has 0 radical (unpaired) electrons. The van der Waals surface area contributed by atoms with Crippen molar-refractivity contribution in [3.63, 3.8) is 0 Å². The molecule has 0 saturated carbocycles. The molecule has 0 spiro atoms. The number of hydrogen-bond donors (Lipinski definition) is 3. The lowest BCUT2D eigenvalue weighted by molar-refractivity contribution is 0.172. The fourth-order valence-corrected chi connectivity index (χ4v) is 2.20. The highest BCUT2D eigenvalue weighted by Gasteiger charge is 2.17. The van der Waals surface area contributed by atoms with Crippen LogP contribution in [0.2, 0.25) is 0 Å². The molecule has 120 valence electrons. The van der Waals surface area contributed by atoms with Crippen molar-refractivity contribution in [1.82, 2.24) is 9.47 Å². The smallest absolute Gasteiger partial charge is 0.223 e. The van der Waals surface area contributed by atoms with Gasteiger partial charge in [0.15, 0.2) is 5.75 Å². The van der Waals surface area contributed by atoms with E-state index in [2.05, 4.69) is 0 Å². The van der Waals surface area contributed by atoms with Crippen LogP contribution in [-0.4, -0.2) is 58.2 Å². The zero-order valence-electron chi connectivity index (χ0n) is 12.6. The van der Waals surface area contributed by atoms with Gasteiger partial charge < -0.3 is 24.6 Å². The van der Waals surface area contributed by atoms with Gasteiger partial charge in [-0.05, 0) is 6.54 Å². The number of aliphatic hydroxyl groups is 2. The number of hydrogen-bond acceptors (Lipinski definition) is 6. The predicted octanol–water partition coefficient (Wildman–Crippen LogP) is -0.493. The van der Waals surface area contributed by atoms with Crippen molar-refractivity contribution in [2.75, 3.05) is 33.4 Å². The van der Waals surface area contributed by atoms with Gasteiger partial charge >= 0.3 is 0 Å². The van der Waals surface area contributed by atoms with Crippen LogP contribution in [0.25, 0.3) is 0 Å². The first-order valence-corrected chi connectivity index (χ1v) is 6.96. The Morgan fingerprint density at radius 1 is 1.38 bits per heavy atom. The predicted molar refractivity (Wildman–Crippen MR) is 78.2 cm³/mol. The van der Waals surface area contributed by atoms with Crippen molar-refractivity contribution in [3.8, 4) is 5.75 Å². The van der Waals surface area contributed by atoms with Crippen LogP contribution in [0.4, 0.5) is 0 Å². The highest BCUT2D eigenvalue weighted by molar-refractivity contribution is 5.30. The van der Waals surface area contributed by atoms with Crippen LogP contribution in [0.15, 0.2) is 10.9 Å². The monoisotopic (exact) mass is 300 g/mol. The summed E-state index contributed by atoms with van der Waals surface area (Å²) in [6, 6.07) is 1.23. The summed E-state index contributed by atoms with van der Waals surface area (Å²) in [5, 5.41) is 28.5. The number of methoxy groups -OCH3 is 1. The molecule has 7 heteroatoms. The number of pyridine rings is 1. The molecule has 0 atom stereocenters. The Morgan fingerprint density at radius 2 is 2.10 bits per heavy atom. The summed E-state index contributed by atoms with van der Waals surface area (Å²) < 4.78 is 6.73. The van der Waals surface area contributed by atoms with E-state index >= 15 is 0 Å². The topological polar surface area (TPSA) is 95.2 Å². The van der Waals surface area contributed by atoms with Gasteiger partial charge in [-0.3, -0.25) is 9.69 Å². The summed E-state index contributed by atoms with van der Waals surface area (Å²) in [4.78, 5) is 13.7. The van der Waals surface area contributed by atoms with E-state index in [-0.39, 0.29) is 19.0 Å². The van der Waals surface area contributed by atoms with Gasteiger partial charge in [-0.15, -0.1) is 0 Å². The van der Waals surface area contributed by atoms with E-state index in [1.807, 2.05) is 11.8 Å². The highest BCUT2D eigenvalue weighted by Crippen LogP contribution is 2.17. The lowest BCUT2D eigenvalue weighted by atomic mass is 10.2. The molecule has 1 heterocycles. The van der Waals surface area contributed by atoms with E-state index in [1.165, 1.54) is 6.07 Å². The number of likely N-dealkylation sites (N-methyl/N-ethyl adjacent to an activating group) is 1. The molecule has 0 aromatic carbocycles. The van der Waals surface area contributed by atoms with Gasteiger partial charge in [0.25, 0.3) is 0 Å². The Kier molecular flexibility index (Phi) is 7.38. The SMILES string of the molecule is CCN(CCO)Cc1c(O)c(=O)cc(CO)n1CCOC. The summed E-state index contributed by atoms with van der Waals surface area (Å²) in [6.07, 6.45) is 0. The molecule has 0 bridgehead atoms. The molecule has 1 aromatic rings. The molecule has 3 N–H and O–H groups in total. The van der Waals surface area contributed by atoms with Crippen molar-refractivity contribution in [2.45, 2.75) is 26.6 Å². The van der Waals surface area contributed by atoms with Crippen molar-refractivity contribution in [1.29, 1.82) is 0 Å². The van der Waals surface area contributed by atoms with Gasteiger partial charge in [0.05, 0.1) is 25.5 Å². The van der Waals surface area contributed by atoms with Crippen molar-refractivity contribution >= 4 is 0 Å². The molecule has 0 amide bonds. The maximum Gasteiger partial charge on any atom is 0.223 e. The van der Waals surface area contributed by atoms with Crippen LogP contribution in [0, 0.1) is 0 Å². The normalized spacial score (nSPS) is 11.3. The van der Waals surface area contributed by atoms with Gasteiger partial charge in [-0.2, -0.15) is 0 Å². The Morgan fingerprint density at radius 3 is 2.62 bits per heavy atom. The molecule has 1 aromatic heterocycles. The Balaban J connectivity index is 3.23. The lowest BCUT2D eigenvalue weighted by Crippen LogP contribution is -2.30. The number of ether oxygens (including phenoxy) is 1. The first-order valence-electron chi connectivity index (χ1n) is 6.96. The third-order valence-corrected chi connectivity index (χ3v) is 3.39. The molecule has 7 nitrogen and oxygen atoms in total. The van der Waals surface area contributed by atoms with Crippen LogP contribution in [-0.2, 0) is 24.4 Å². The summed E-state index contributed by atoms with van der Waals surface area (Å²) >= 11 is 0. The van der Waals surface area contributed by atoms with Crippen LogP contribution in [0.1, 0.15) is 18.3 Å². The number of aromatic hydroxyl groups is 1. The summed E-state index contributed by atoms with van der Waals surface area (Å²) in [6.45, 7) is 3.88. The first kappa shape index (κ1) is 17.6. The van der Waals surface area contributed by atoms with Gasteiger partial charge in [-0.25, -0.2) is 0 Å². The zero-order chi connectivity index (χ0) is 15.8. The quantitative estimate of drug-likeness (QED) is 0.569. The molecule has 21 heavy (non-hydrogen) atoms. The average molecular weight is 300 g/mol. The van der Waals surface area contributed by atoms with Gasteiger partial charge in [0, 0.05) is 38.5 Å². The molecule has 0 saturated heterocycles. The Hall–Kier alpha value is -1.41. The third kappa shape index (κ3) is 4.53. The molecule has 0 unspecified atom stereocenters. The van der Waals surface area contributed by atoms with Crippen LogP contribution in [0.3, 0.4) is 0 Å². The molecular formula is C14H24N2O5. The first-order chi connectivity index (χ1) is 10.1. The van der Waals surface area contributed by atoms with Crippen LogP contribution >= 0.6 is 0 Å². The van der Waals surface area contributed by atoms with Gasteiger partial charge in [-0.1, -0.05) is 6.92 Å². The highest BCUT2D eigenvalue weighted by atomic mass is 16.5. The van der Waals surface area contributed by atoms with E-state index in [0.29, 0.717) is 44.2 Å². The fraction of sp³-hybridized carbons (Fsp3) is 0.643. The minimum Gasteiger partial charge on any atom is -0.503 e. The number of rotatable bonds is 9. The standard InChI is InChI=1S/C14H24N2O5/c1-3-15(4-6-17)9-12-14(20)13(19)8-11(10-18)16(12)5-7-21-2/h8,17-18,20H,3-7,9-10H2,1-2H3. The summed E-state index contributed by atoms with van der Waals surface area (Å²) in [7, 11) is 1.56. The lowest BCUT2D eigenvalue weighted by Gasteiger charge is -2.24. The largest absolute Gasteiger partial charge is 0.503 e. The Bertz CT molecular complexity index is 501. The summed E-state index contributed by atoms with van der Waals surface area (Å²) in [5.41, 5.74) is 0.353. The second-order valence-electron chi connectivity index (χ2n) is 4.69. The van der Waals surface area contributed by atoms with Crippen molar-refractivity contribution in [2.24, 2.45) is 0 Å². The van der Waals surface area contributed by atoms with E-state index in [9.17, 15) is 15.0 Å². The molecule has 0 aliphatic heterocycles. The Labute approximate surface area is 124 Å². The number of aromatic nitrogens is 1. The van der Waals surface area contributed by atoms with Gasteiger partial charge in [0.2, 0.25) is 5.43 Å². The van der Waals surface area contributed by atoms with E-state index in [4.69, 9.17) is 9.84 Å². The maximum absolute atomic E-state index is 11.8. The average Bonchev–Trinajstić information content (AvgIpc) is 2.49. The van der Waals surface area contributed by atoms with Crippen molar-refractivity contribution < 1.29 is 20.1 Å². The summed E-state index contributed by atoms with van der Waals surface area (Å²) in [5.74, 6) is -0.320.